The molecule has 1 aromatic carbocycles. The highest BCUT2D eigenvalue weighted by atomic mass is 19.4. The van der Waals surface area contributed by atoms with E-state index in [1.165, 1.54) is 23.1 Å². The molecule has 4 rings (SSSR count). The zero-order valence-corrected chi connectivity index (χ0v) is 17.1. The first-order valence-electron chi connectivity index (χ1n) is 9.97. The molecule has 0 saturated carbocycles. The van der Waals surface area contributed by atoms with Gasteiger partial charge >= 0.3 is 6.18 Å². The van der Waals surface area contributed by atoms with Gasteiger partial charge in [-0.2, -0.15) is 13.2 Å². The molecule has 1 amide bonds. The lowest BCUT2D eigenvalue weighted by Gasteiger charge is -2.33. The first-order valence-corrected chi connectivity index (χ1v) is 9.97. The van der Waals surface area contributed by atoms with Crippen molar-refractivity contribution in [2.75, 3.05) is 13.1 Å². The lowest BCUT2D eigenvalue weighted by Crippen LogP contribution is -2.39. The number of alkyl halides is 3. The molecule has 1 aliphatic rings. The molecule has 9 heteroatoms. The van der Waals surface area contributed by atoms with E-state index in [1.54, 1.807) is 13.1 Å². The fraction of sp³-hybridized carbons (Fsp3) is 0.364. The Labute approximate surface area is 177 Å². The van der Waals surface area contributed by atoms with Crippen molar-refractivity contribution in [2.24, 2.45) is 0 Å². The quantitative estimate of drug-likeness (QED) is 0.598. The third kappa shape index (κ3) is 4.30. The van der Waals surface area contributed by atoms with Crippen molar-refractivity contribution in [3.63, 3.8) is 0 Å². The van der Waals surface area contributed by atoms with Gasteiger partial charge in [0, 0.05) is 31.3 Å². The van der Waals surface area contributed by atoms with E-state index in [1.807, 2.05) is 13.0 Å². The molecule has 1 fully saturated rings. The third-order valence-electron chi connectivity index (χ3n) is 5.46. The Balaban J connectivity index is 1.54. The zero-order valence-electron chi connectivity index (χ0n) is 17.1. The Morgan fingerprint density at radius 3 is 2.52 bits per heavy atom. The normalized spacial score (nSPS) is 15.3. The molecular weight excluding hydrogens is 409 g/mol. The monoisotopic (exact) mass is 430 g/mol. The molecule has 31 heavy (non-hydrogen) atoms. The van der Waals surface area contributed by atoms with Gasteiger partial charge < -0.3 is 9.42 Å². The minimum Gasteiger partial charge on any atom is -0.356 e. The number of hydrogen-bond donors (Lipinski definition) is 0. The van der Waals surface area contributed by atoms with Crippen LogP contribution in [0.1, 0.15) is 51.9 Å². The minimum atomic E-state index is -4.58. The summed E-state index contributed by atoms with van der Waals surface area (Å²) >= 11 is 0. The number of hydrogen-bond acceptors (Lipinski definition) is 5. The Morgan fingerprint density at radius 1 is 1.16 bits per heavy atom. The molecule has 2 aromatic heterocycles. The maximum absolute atomic E-state index is 13.3. The van der Waals surface area contributed by atoms with Crippen LogP contribution in [0.3, 0.4) is 0 Å². The van der Waals surface area contributed by atoms with Crippen molar-refractivity contribution in [3.05, 3.63) is 64.9 Å². The van der Waals surface area contributed by atoms with Crippen molar-refractivity contribution in [3.8, 4) is 11.3 Å². The summed E-state index contributed by atoms with van der Waals surface area (Å²) in [6, 6.07) is 6.72. The van der Waals surface area contributed by atoms with Crippen molar-refractivity contribution in [2.45, 2.75) is 38.8 Å². The summed E-state index contributed by atoms with van der Waals surface area (Å²) in [5.74, 6) is 0.623. The predicted molar refractivity (Wildman–Crippen MR) is 106 cm³/mol. The van der Waals surface area contributed by atoms with Crippen LogP contribution < -0.4 is 0 Å². The van der Waals surface area contributed by atoms with Gasteiger partial charge in [0.05, 0.1) is 28.1 Å². The zero-order chi connectivity index (χ0) is 22.2. The van der Waals surface area contributed by atoms with E-state index < -0.39 is 17.6 Å². The maximum Gasteiger partial charge on any atom is 0.417 e. The highest BCUT2D eigenvalue weighted by molar-refractivity contribution is 5.96. The second kappa shape index (κ2) is 8.13. The van der Waals surface area contributed by atoms with E-state index >= 15 is 0 Å². The van der Waals surface area contributed by atoms with Gasteiger partial charge in [0.1, 0.15) is 5.82 Å². The number of amides is 1. The van der Waals surface area contributed by atoms with Crippen LogP contribution in [0.5, 0.6) is 0 Å². The van der Waals surface area contributed by atoms with Crippen molar-refractivity contribution in [1.29, 1.82) is 0 Å². The van der Waals surface area contributed by atoms with Gasteiger partial charge in [-0.3, -0.25) is 4.79 Å². The second-order valence-corrected chi connectivity index (χ2v) is 7.66. The number of halogens is 3. The minimum absolute atomic E-state index is 0.0315. The fourth-order valence-corrected chi connectivity index (χ4v) is 3.92. The molecule has 3 heterocycles. The van der Waals surface area contributed by atoms with Gasteiger partial charge in [0.15, 0.2) is 5.76 Å². The number of nitrogens with zero attached hydrogens (tertiary/aromatic N) is 4. The van der Waals surface area contributed by atoms with Gasteiger partial charge in [-0.1, -0.05) is 17.3 Å². The number of piperidine rings is 1. The van der Waals surface area contributed by atoms with Gasteiger partial charge in [0.2, 0.25) is 0 Å². The molecule has 0 atom stereocenters. The molecular formula is C22H21F3N4O2. The lowest BCUT2D eigenvalue weighted by atomic mass is 9.89. The summed E-state index contributed by atoms with van der Waals surface area (Å²) in [5, 5.41) is 3.92. The summed E-state index contributed by atoms with van der Waals surface area (Å²) in [7, 11) is 0. The highest BCUT2D eigenvalue weighted by Gasteiger charge is 2.37. The van der Waals surface area contributed by atoms with Gasteiger partial charge in [0.25, 0.3) is 5.91 Å². The van der Waals surface area contributed by atoms with E-state index in [4.69, 9.17) is 4.52 Å². The lowest BCUT2D eigenvalue weighted by molar-refractivity contribution is -0.138. The second-order valence-electron chi connectivity index (χ2n) is 7.66. The van der Waals surface area contributed by atoms with E-state index in [2.05, 4.69) is 15.1 Å². The van der Waals surface area contributed by atoms with E-state index in [0.717, 1.165) is 23.0 Å². The van der Waals surface area contributed by atoms with E-state index in [9.17, 15) is 18.0 Å². The average molecular weight is 430 g/mol. The van der Waals surface area contributed by atoms with Crippen LogP contribution in [-0.4, -0.2) is 39.0 Å². The summed E-state index contributed by atoms with van der Waals surface area (Å²) < 4.78 is 45.3. The topological polar surface area (TPSA) is 72.1 Å². The van der Waals surface area contributed by atoms with Gasteiger partial charge in [-0.25, -0.2) is 9.97 Å². The fourth-order valence-electron chi connectivity index (χ4n) is 3.92. The van der Waals surface area contributed by atoms with Crippen molar-refractivity contribution < 1.29 is 22.5 Å². The van der Waals surface area contributed by atoms with Crippen LogP contribution in [0.2, 0.25) is 0 Å². The SMILES string of the molecule is Cc1cc(-c2cnc(C)nc2C2CCN(C(=O)c3ccccc3C(F)(F)F)CC2)on1. The largest absolute Gasteiger partial charge is 0.417 e. The number of aromatic nitrogens is 3. The standard InChI is InChI=1S/C22H21F3N4O2/c1-13-11-19(31-28-13)17-12-26-14(2)27-20(17)15-7-9-29(10-8-15)21(30)16-5-3-4-6-18(16)22(23,24)25/h3-6,11-12,15H,7-10H2,1-2H3. The molecule has 0 aliphatic carbocycles. The Kier molecular flexibility index (Phi) is 5.51. The molecule has 0 spiro atoms. The summed E-state index contributed by atoms with van der Waals surface area (Å²) in [6.45, 7) is 4.30. The average Bonchev–Trinajstić information content (AvgIpc) is 3.19. The molecule has 1 saturated heterocycles. The summed E-state index contributed by atoms with van der Waals surface area (Å²) in [6.07, 6.45) is -1.71. The van der Waals surface area contributed by atoms with Crippen LogP contribution in [0.25, 0.3) is 11.3 Å². The highest BCUT2D eigenvalue weighted by Crippen LogP contribution is 2.36. The van der Waals surface area contributed by atoms with Crippen LogP contribution >= 0.6 is 0 Å². The number of aryl methyl sites for hydroxylation is 2. The van der Waals surface area contributed by atoms with Crippen LogP contribution in [0.4, 0.5) is 13.2 Å². The molecule has 162 valence electrons. The molecule has 6 nitrogen and oxygen atoms in total. The van der Waals surface area contributed by atoms with E-state index in [-0.39, 0.29) is 11.5 Å². The van der Waals surface area contributed by atoms with Crippen LogP contribution in [0.15, 0.2) is 41.1 Å². The van der Waals surface area contributed by atoms with Crippen molar-refractivity contribution in [1.82, 2.24) is 20.0 Å². The Hall–Kier alpha value is -3.23. The molecule has 0 radical (unpaired) electrons. The van der Waals surface area contributed by atoms with Gasteiger partial charge in [-0.05, 0) is 38.8 Å². The van der Waals surface area contributed by atoms with E-state index in [0.29, 0.717) is 37.5 Å². The summed E-state index contributed by atoms with van der Waals surface area (Å²) in [4.78, 5) is 23.2. The van der Waals surface area contributed by atoms with Gasteiger partial charge in [-0.15, -0.1) is 0 Å². The van der Waals surface area contributed by atoms with Crippen LogP contribution in [-0.2, 0) is 6.18 Å². The Morgan fingerprint density at radius 2 is 1.87 bits per heavy atom. The number of rotatable bonds is 3. The predicted octanol–water partition coefficient (Wildman–Crippen LogP) is 4.79. The summed E-state index contributed by atoms with van der Waals surface area (Å²) in [5.41, 5.74) is 1.08. The number of carbonyl (C=O) groups excluding carboxylic acids is 1. The van der Waals surface area contributed by atoms with Crippen molar-refractivity contribution >= 4 is 5.91 Å². The maximum atomic E-state index is 13.3. The Bertz CT molecular complexity index is 1100. The molecule has 0 unspecified atom stereocenters. The number of likely N-dealkylation sites (tertiary alicyclic amines) is 1. The molecule has 1 aliphatic heterocycles. The first kappa shape index (κ1) is 21.0. The third-order valence-corrected chi connectivity index (χ3v) is 5.46. The molecule has 0 N–H and O–H groups in total. The first-order chi connectivity index (χ1) is 14.7. The number of benzene rings is 1. The molecule has 0 bridgehead atoms. The number of carbonyl (C=O) groups is 1. The van der Waals surface area contributed by atoms with Crippen LogP contribution in [0, 0.1) is 13.8 Å². The molecule has 3 aromatic rings. The smallest absolute Gasteiger partial charge is 0.356 e.